The molecular formula is C16H17NO2S2. The molecule has 2 N–H and O–H groups in total. The molecule has 1 saturated heterocycles. The fraction of sp³-hybridized carbons (Fsp3) is 0.312. The Hall–Kier alpha value is -1.30. The van der Waals surface area contributed by atoms with Crippen LogP contribution in [0.15, 0.2) is 35.7 Å². The van der Waals surface area contributed by atoms with E-state index < -0.39 is 5.60 Å². The summed E-state index contributed by atoms with van der Waals surface area (Å²) in [6, 6.07) is 9.87. The Morgan fingerprint density at radius 2 is 2.24 bits per heavy atom. The molecule has 3 nitrogen and oxygen atoms in total. The van der Waals surface area contributed by atoms with Crippen LogP contribution in [0.2, 0.25) is 0 Å². The van der Waals surface area contributed by atoms with Gasteiger partial charge in [-0.3, -0.25) is 4.79 Å². The van der Waals surface area contributed by atoms with Crippen molar-refractivity contribution >= 4 is 34.7 Å². The van der Waals surface area contributed by atoms with E-state index >= 15 is 0 Å². The van der Waals surface area contributed by atoms with Crippen molar-refractivity contribution in [2.75, 3.05) is 16.8 Å². The number of thioether (sulfide) groups is 1. The summed E-state index contributed by atoms with van der Waals surface area (Å²) in [4.78, 5) is 13.4. The zero-order valence-corrected chi connectivity index (χ0v) is 13.4. The normalized spacial score (nSPS) is 21.4. The fourth-order valence-corrected chi connectivity index (χ4v) is 4.55. The van der Waals surface area contributed by atoms with E-state index in [2.05, 4.69) is 23.7 Å². The first-order valence-corrected chi connectivity index (χ1v) is 8.88. The Labute approximate surface area is 132 Å². The second kappa shape index (κ2) is 5.83. The average Bonchev–Trinajstić information content (AvgIpc) is 3.09. The Balaban J connectivity index is 1.81. The lowest BCUT2D eigenvalue weighted by atomic mass is 10.0. The van der Waals surface area contributed by atoms with Crippen LogP contribution in [0.25, 0.3) is 10.4 Å². The van der Waals surface area contributed by atoms with Crippen molar-refractivity contribution in [2.24, 2.45) is 0 Å². The second-order valence-electron chi connectivity index (χ2n) is 5.30. The Morgan fingerprint density at radius 1 is 1.38 bits per heavy atom. The van der Waals surface area contributed by atoms with Crippen LogP contribution in [0, 0.1) is 6.92 Å². The Kier molecular flexibility index (Phi) is 4.06. The van der Waals surface area contributed by atoms with Crippen LogP contribution >= 0.6 is 23.1 Å². The van der Waals surface area contributed by atoms with Gasteiger partial charge in [-0.15, -0.1) is 11.3 Å². The van der Waals surface area contributed by atoms with Gasteiger partial charge in [-0.25, -0.2) is 0 Å². The van der Waals surface area contributed by atoms with Crippen LogP contribution in [0.5, 0.6) is 0 Å². The highest BCUT2D eigenvalue weighted by atomic mass is 32.2. The molecule has 5 heteroatoms. The summed E-state index contributed by atoms with van der Waals surface area (Å²) in [6.45, 7) is 2.08. The number of hydrogen-bond donors (Lipinski definition) is 2. The molecule has 3 rings (SSSR count). The van der Waals surface area contributed by atoms with E-state index in [-0.39, 0.29) is 5.91 Å². The molecule has 0 radical (unpaired) electrons. The molecule has 0 aliphatic carbocycles. The zero-order valence-electron chi connectivity index (χ0n) is 11.8. The van der Waals surface area contributed by atoms with E-state index in [1.807, 2.05) is 24.3 Å². The van der Waals surface area contributed by atoms with E-state index in [0.29, 0.717) is 12.2 Å². The maximum Gasteiger partial charge on any atom is 0.257 e. The number of aliphatic hydroxyl groups is 1. The molecule has 2 aromatic rings. The van der Waals surface area contributed by atoms with Crippen molar-refractivity contribution in [1.29, 1.82) is 0 Å². The lowest BCUT2D eigenvalue weighted by molar-refractivity contribution is -0.131. The third-order valence-corrected chi connectivity index (χ3v) is 5.91. The van der Waals surface area contributed by atoms with E-state index in [9.17, 15) is 9.90 Å². The van der Waals surface area contributed by atoms with Crippen molar-refractivity contribution in [1.82, 2.24) is 0 Å². The van der Waals surface area contributed by atoms with E-state index in [1.165, 1.54) is 10.4 Å². The topological polar surface area (TPSA) is 49.3 Å². The fourth-order valence-electron chi connectivity index (χ4n) is 2.39. The molecule has 1 aromatic carbocycles. The Bertz CT molecular complexity index is 660. The summed E-state index contributed by atoms with van der Waals surface area (Å²) in [5.41, 5.74) is 1.83. The Morgan fingerprint density at radius 3 is 2.90 bits per heavy atom. The minimum absolute atomic E-state index is 0.299. The third kappa shape index (κ3) is 3.00. The average molecular weight is 319 g/mol. The SMILES string of the molecule is Cc1ccsc1-c1cccc(NC(=O)C2(O)CCSC2)c1. The summed E-state index contributed by atoms with van der Waals surface area (Å²) in [5.74, 6) is 1.01. The van der Waals surface area contributed by atoms with Crippen molar-refractivity contribution in [2.45, 2.75) is 18.9 Å². The molecular weight excluding hydrogens is 302 g/mol. The molecule has 1 aliphatic heterocycles. The number of carbonyl (C=O) groups is 1. The molecule has 1 atom stereocenters. The molecule has 2 heterocycles. The molecule has 1 unspecified atom stereocenters. The van der Waals surface area contributed by atoms with Gasteiger partial charge in [-0.2, -0.15) is 11.8 Å². The van der Waals surface area contributed by atoms with Gasteiger partial charge in [0.15, 0.2) is 5.60 Å². The minimum atomic E-state index is -1.22. The van der Waals surface area contributed by atoms with Crippen LogP contribution in [-0.2, 0) is 4.79 Å². The van der Waals surface area contributed by atoms with Gasteiger partial charge in [0, 0.05) is 16.3 Å². The zero-order chi connectivity index (χ0) is 14.9. The van der Waals surface area contributed by atoms with Crippen molar-refractivity contribution in [3.8, 4) is 10.4 Å². The number of hydrogen-bond acceptors (Lipinski definition) is 4. The van der Waals surface area contributed by atoms with Crippen molar-refractivity contribution in [3.63, 3.8) is 0 Å². The second-order valence-corrected chi connectivity index (χ2v) is 7.32. The highest BCUT2D eigenvalue weighted by Crippen LogP contribution is 2.32. The van der Waals surface area contributed by atoms with Crippen LogP contribution in [0.4, 0.5) is 5.69 Å². The number of benzene rings is 1. The smallest absolute Gasteiger partial charge is 0.257 e. The van der Waals surface area contributed by atoms with Crippen LogP contribution in [-0.4, -0.2) is 28.1 Å². The van der Waals surface area contributed by atoms with Gasteiger partial charge in [0.2, 0.25) is 0 Å². The minimum Gasteiger partial charge on any atom is -0.379 e. The summed E-state index contributed by atoms with van der Waals surface area (Å²) in [7, 11) is 0. The molecule has 110 valence electrons. The first-order chi connectivity index (χ1) is 10.1. The molecule has 1 amide bonds. The van der Waals surface area contributed by atoms with Gasteiger partial charge in [0.25, 0.3) is 5.91 Å². The number of amides is 1. The van der Waals surface area contributed by atoms with Gasteiger partial charge in [-0.1, -0.05) is 12.1 Å². The molecule has 21 heavy (non-hydrogen) atoms. The molecule has 0 spiro atoms. The van der Waals surface area contributed by atoms with Crippen molar-refractivity contribution in [3.05, 3.63) is 41.3 Å². The summed E-state index contributed by atoms with van der Waals surface area (Å²) < 4.78 is 0. The van der Waals surface area contributed by atoms with Crippen LogP contribution in [0.3, 0.4) is 0 Å². The van der Waals surface area contributed by atoms with Gasteiger partial charge in [-0.05, 0) is 53.8 Å². The number of rotatable bonds is 3. The van der Waals surface area contributed by atoms with E-state index in [0.717, 1.165) is 17.0 Å². The molecule has 1 fully saturated rings. The highest BCUT2D eigenvalue weighted by Gasteiger charge is 2.39. The lowest BCUT2D eigenvalue weighted by Gasteiger charge is -2.20. The molecule has 1 aromatic heterocycles. The number of aryl methyl sites for hydroxylation is 1. The van der Waals surface area contributed by atoms with E-state index in [4.69, 9.17) is 0 Å². The predicted molar refractivity (Wildman–Crippen MR) is 90.0 cm³/mol. The largest absolute Gasteiger partial charge is 0.379 e. The standard InChI is InChI=1S/C16H17NO2S2/c1-11-5-7-21-14(11)12-3-2-4-13(9-12)17-15(18)16(19)6-8-20-10-16/h2-5,7,9,19H,6,8,10H2,1H3,(H,17,18). The maximum absolute atomic E-state index is 12.2. The first kappa shape index (κ1) is 14.6. The van der Waals surface area contributed by atoms with Gasteiger partial charge < -0.3 is 10.4 Å². The molecule has 1 aliphatic rings. The summed E-state index contributed by atoms with van der Waals surface area (Å²) in [6.07, 6.45) is 0.521. The van der Waals surface area contributed by atoms with Crippen LogP contribution < -0.4 is 5.32 Å². The molecule has 0 bridgehead atoms. The monoisotopic (exact) mass is 319 g/mol. The van der Waals surface area contributed by atoms with E-state index in [1.54, 1.807) is 23.1 Å². The quantitative estimate of drug-likeness (QED) is 0.910. The number of carbonyl (C=O) groups excluding carboxylic acids is 1. The van der Waals surface area contributed by atoms with Crippen LogP contribution in [0.1, 0.15) is 12.0 Å². The number of anilines is 1. The summed E-state index contributed by atoms with van der Waals surface area (Å²) in [5, 5.41) is 15.2. The van der Waals surface area contributed by atoms with Crippen molar-refractivity contribution < 1.29 is 9.90 Å². The number of thiophene rings is 1. The third-order valence-electron chi connectivity index (χ3n) is 3.67. The molecule has 0 saturated carbocycles. The van der Waals surface area contributed by atoms with Gasteiger partial charge >= 0.3 is 0 Å². The van der Waals surface area contributed by atoms with Gasteiger partial charge in [0.1, 0.15) is 0 Å². The highest BCUT2D eigenvalue weighted by molar-refractivity contribution is 7.99. The predicted octanol–water partition coefficient (Wildman–Crippen LogP) is 3.53. The summed E-state index contributed by atoms with van der Waals surface area (Å²) >= 11 is 3.30. The number of nitrogens with one attached hydrogen (secondary N) is 1. The first-order valence-electron chi connectivity index (χ1n) is 6.85. The van der Waals surface area contributed by atoms with Gasteiger partial charge in [0.05, 0.1) is 0 Å². The lowest BCUT2D eigenvalue weighted by Crippen LogP contribution is -2.42. The maximum atomic E-state index is 12.2.